The molecule has 1 aliphatic rings. The Balaban J connectivity index is 2.22. The predicted octanol–water partition coefficient (Wildman–Crippen LogP) is 2.58. The zero-order valence-electron chi connectivity index (χ0n) is 10.7. The Hall–Kier alpha value is -1.29. The van der Waals surface area contributed by atoms with Crippen LogP contribution >= 0.6 is 11.6 Å². The molecule has 1 amide bonds. The molecule has 1 fully saturated rings. The van der Waals surface area contributed by atoms with Gasteiger partial charge in [0, 0.05) is 18.8 Å². The Bertz CT molecular complexity index is 464. The van der Waals surface area contributed by atoms with Crippen LogP contribution in [0.1, 0.15) is 37.0 Å². The van der Waals surface area contributed by atoms with Gasteiger partial charge in [-0.15, -0.1) is 0 Å². The number of carbonyl (C=O) groups is 1. The van der Waals surface area contributed by atoms with Crippen LogP contribution < -0.4 is 5.73 Å². The maximum Gasteiger partial charge on any atom is 0.255 e. The Kier molecular flexibility index (Phi) is 3.76. The van der Waals surface area contributed by atoms with Crippen LogP contribution in [-0.4, -0.2) is 28.4 Å². The second kappa shape index (κ2) is 5.14. The number of hydrogen-bond donors (Lipinski definition) is 1. The van der Waals surface area contributed by atoms with Gasteiger partial charge in [0.1, 0.15) is 5.82 Å². The van der Waals surface area contributed by atoms with Crippen molar-refractivity contribution in [1.29, 1.82) is 0 Å². The van der Waals surface area contributed by atoms with Gasteiger partial charge in [-0.2, -0.15) is 0 Å². The van der Waals surface area contributed by atoms with Crippen LogP contribution in [0, 0.1) is 5.92 Å². The predicted molar refractivity (Wildman–Crippen MR) is 72.6 cm³/mol. The van der Waals surface area contributed by atoms with Crippen LogP contribution in [0.4, 0.5) is 5.82 Å². The van der Waals surface area contributed by atoms with E-state index in [2.05, 4.69) is 18.8 Å². The number of amides is 1. The summed E-state index contributed by atoms with van der Waals surface area (Å²) < 4.78 is 0. The fourth-order valence-electron chi connectivity index (χ4n) is 2.35. The largest absolute Gasteiger partial charge is 0.382 e. The summed E-state index contributed by atoms with van der Waals surface area (Å²) in [5, 5.41) is 0.332. The summed E-state index contributed by atoms with van der Waals surface area (Å²) in [4.78, 5) is 18.2. The topological polar surface area (TPSA) is 59.2 Å². The van der Waals surface area contributed by atoms with Gasteiger partial charge in [0.2, 0.25) is 0 Å². The number of rotatable bonds is 1. The highest BCUT2D eigenvalue weighted by Gasteiger charge is 2.29. The molecule has 0 aliphatic carbocycles. The number of carbonyl (C=O) groups excluding carboxylic acids is 1. The lowest BCUT2D eigenvalue weighted by atomic mass is 9.91. The molecule has 1 saturated heterocycles. The molecule has 4 nitrogen and oxygen atoms in total. The van der Waals surface area contributed by atoms with Crippen molar-refractivity contribution in [2.75, 3.05) is 12.3 Å². The quantitative estimate of drug-likeness (QED) is 0.851. The van der Waals surface area contributed by atoms with Crippen molar-refractivity contribution in [2.45, 2.75) is 32.7 Å². The van der Waals surface area contributed by atoms with Crippen LogP contribution in [0.3, 0.4) is 0 Å². The van der Waals surface area contributed by atoms with E-state index in [0.717, 1.165) is 13.0 Å². The highest BCUT2D eigenvalue weighted by molar-refractivity contribution is 6.33. The van der Waals surface area contributed by atoms with Crippen LogP contribution in [-0.2, 0) is 0 Å². The lowest BCUT2D eigenvalue weighted by molar-refractivity contribution is 0.0550. The average molecular weight is 268 g/mol. The van der Waals surface area contributed by atoms with Gasteiger partial charge in [-0.1, -0.05) is 18.5 Å². The van der Waals surface area contributed by atoms with E-state index in [-0.39, 0.29) is 17.8 Å². The van der Waals surface area contributed by atoms with Gasteiger partial charge in [0.15, 0.2) is 0 Å². The molecular weight excluding hydrogens is 250 g/mol. The van der Waals surface area contributed by atoms with Crippen molar-refractivity contribution in [3.05, 3.63) is 22.8 Å². The Morgan fingerprint density at radius 2 is 2.28 bits per heavy atom. The summed E-state index contributed by atoms with van der Waals surface area (Å²) in [6, 6.07) is 1.85. The second-order valence-corrected chi connectivity index (χ2v) is 5.36. The molecule has 2 unspecified atom stereocenters. The zero-order valence-corrected chi connectivity index (χ0v) is 11.4. The number of likely N-dealkylation sites (tertiary alicyclic amines) is 1. The summed E-state index contributed by atoms with van der Waals surface area (Å²) >= 11 is 5.90. The average Bonchev–Trinajstić information content (AvgIpc) is 2.35. The molecule has 1 aliphatic heterocycles. The lowest BCUT2D eigenvalue weighted by Gasteiger charge is -2.38. The van der Waals surface area contributed by atoms with E-state index in [1.54, 1.807) is 6.07 Å². The SMILES string of the molecule is CC1CCCN(C(=O)c2cnc(N)c(Cl)c2)C1C. The molecule has 0 aromatic carbocycles. The minimum absolute atomic E-state index is 0.0107. The van der Waals surface area contributed by atoms with Gasteiger partial charge in [-0.3, -0.25) is 4.79 Å². The number of halogens is 1. The fraction of sp³-hybridized carbons (Fsp3) is 0.538. The molecule has 1 aromatic rings. The van der Waals surface area contributed by atoms with Crippen LogP contribution in [0.2, 0.25) is 5.02 Å². The van der Waals surface area contributed by atoms with E-state index in [9.17, 15) is 4.79 Å². The summed E-state index contributed by atoms with van der Waals surface area (Å²) in [6.07, 6.45) is 3.72. The molecule has 2 heterocycles. The molecule has 2 rings (SSSR count). The number of hydrogen-bond acceptors (Lipinski definition) is 3. The number of anilines is 1. The van der Waals surface area contributed by atoms with Crippen molar-refractivity contribution in [2.24, 2.45) is 5.92 Å². The molecule has 2 atom stereocenters. The first-order valence-corrected chi connectivity index (χ1v) is 6.60. The molecule has 0 spiro atoms. The smallest absolute Gasteiger partial charge is 0.255 e. The number of pyridine rings is 1. The van der Waals surface area contributed by atoms with E-state index >= 15 is 0 Å². The maximum atomic E-state index is 12.4. The molecule has 98 valence electrons. The molecule has 5 heteroatoms. The number of nitrogen functional groups attached to an aromatic ring is 1. The third-order valence-corrected chi connectivity index (χ3v) is 4.05. The third-order valence-electron chi connectivity index (χ3n) is 3.75. The third kappa shape index (κ3) is 2.43. The molecule has 0 saturated carbocycles. The van der Waals surface area contributed by atoms with E-state index < -0.39 is 0 Å². The minimum atomic E-state index is -0.0107. The normalized spacial score (nSPS) is 24.1. The molecular formula is C13H18ClN3O. The minimum Gasteiger partial charge on any atom is -0.382 e. The molecule has 1 aromatic heterocycles. The summed E-state index contributed by atoms with van der Waals surface area (Å²) in [7, 11) is 0. The number of nitrogens with zero attached hydrogens (tertiary/aromatic N) is 2. The monoisotopic (exact) mass is 267 g/mol. The van der Waals surface area contributed by atoms with Gasteiger partial charge >= 0.3 is 0 Å². The van der Waals surface area contributed by atoms with Crippen molar-refractivity contribution in [1.82, 2.24) is 9.88 Å². The number of nitrogens with two attached hydrogens (primary N) is 1. The van der Waals surface area contributed by atoms with Crippen molar-refractivity contribution >= 4 is 23.3 Å². The van der Waals surface area contributed by atoms with E-state index in [1.807, 2.05) is 4.90 Å². The zero-order chi connectivity index (χ0) is 13.3. The van der Waals surface area contributed by atoms with Gasteiger partial charge in [-0.25, -0.2) is 4.98 Å². The van der Waals surface area contributed by atoms with Gasteiger partial charge < -0.3 is 10.6 Å². The van der Waals surface area contributed by atoms with Crippen molar-refractivity contribution in [3.8, 4) is 0 Å². The fourth-order valence-corrected chi connectivity index (χ4v) is 2.52. The first-order valence-electron chi connectivity index (χ1n) is 6.22. The lowest BCUT2D eigenvalue weighted by Crippen LogP contribution is -2.46. The Morgan fingerprint density at radius 3 is 2.94 bits per heavy atom. The van der Waals surface area contributed by atoms with Crippen LogP contribution in [0.5, 0.6) is 0 Å². The molecule has 0 bridgehead atoms. The Labute approximate surface area is 112 Å². The standard InChI is InChI=1S/C13H18ClN3O/c1-8-4-3-5-17(9(8)2)13(18)10-6-11(14)12(15)16-7-10/h6-9H,3-5H2,1-2H3,(H2,15,16). The molecule has 18 heavy (non-hydrogen) atoms. The maximum absolute atomic E-state index is 12.4. The van der Waals surface area contributed by atoms with Crippen LogP contribution in [0.15, 0.2) is 12.3 Å². The number of piperidine rings is 1. The molecule has 2 N–H and O–H groups in total. The summed E-state index contributed by atoms with van der Waals surface area (Å²) in [5.41, 5.74) is 6.06. The highest BCUT2D eigenvalue weighted by Crippen LogP contribution is 2.25. The van der Waals surface area contributed by atoms with Crippen LogP contribution in [0.25, 0.3) is 0 Å². The van der Waals surface area contributed by atoms with E-state index in [0.29, 0.717) is 16.5 Å². The van der Waals surface area contributed by atoms with E-state index in [1.165, 1.54) is 12.6 Å². The first-order chi connectivity index (χ1) is 8.50. The summed E-state index contributed by atoms with van der Waals surface area (Å²) in [5.74, 6) is 0.775. The van der Waals surface area contributed by atoms with Gasteiger partial charge in [-0.05, 0) is 31.7 Å². The number of aromatic nitrogens is 1. The Morgan fingerprint density at radius 1 is 1.56 bits per heavy atom. The van der Waals surface area contributed by atoms with Gasteiger partial charge in [0.25, 0.3) is 5.91 Å². The highest BCUT2D eigenvalue weighted by atomic mass is 35.5. The summed E-state index contributed by atoms with van der Waals surface area (Å²) in [6.45, 7) is 5.07. The van der Waals surface area contributed by atoms with Crippen molar-refractivity contribution < 1.29 is 4.79 Å². The molecule has 0 radical (unpaired) electrons. The second-order valence-electron chi connectivity index (χ2n) is 4.95. The first kappa shape index (κ1) is 13.1. The van der Waals surface area contributed by atoms with Crippen molar-refractivity contribution in [3.63, 3.8) is 0 Å². The van der Waals surface area contributed by atoms with Gasteiger partial charge in [0.05, 0.1) is 10.6 Å². The van der Waals surface area contributed by atoms with E-state index in [4.69, 9.17) is 17.3 Å².